The molecular formula is C17H15NO4. The Morgan fingerprint density at radius 3 is 2.36 bits per heavy atom. The summed E-state index contributed by atoms with van der Waals surface area (Å²) in [6.07, 6.45) is 0. The van der Waals surface area contributed by atoms with Gasteiger partial charge in [-0.2, -0.15) is 0 Å². The van der Waals surface area contributed by atoms with E-state index in [0.717, 1.165) is 11.3 Å². The third-order valence-electron chi connectivity index (χ3n) is 3.43. The number of hydrogen-bond donors (Lipinski definition) is 1. The summed E-state index contributed by atoms with van der Waals surface area (Å²) in [7, 11) is 3.04. The molecule has 5 nitrogen and oxygen atoms in total. The lowest BCUT2D eigenvalue weighted by Gasteiger charge is -2.09. The SMILES string of the molecule is COc1ccc(-c2oc3ccc(N)cc3c(=O)c2OC)cc1. The van der Waals surface area contributed by atoms with Gasteiger partial charge >= 0.3 is 0 Å². The van der Waals surface area contributed by atoms with Crippen molar-refractivity contribution in [2.45, 2.75) is 0 Å². The maximum absolute atomic E-state index is 12.6. The third-order valence-corrected chi connectivity index (χ3v) is 3.43. The molecule has 0 aliphatic heterocycles. The molecule has 5 heteroatoms. The summed E-state index contributed by atoms with van der Waals surface area (Å²) >= 11 is 0. The van der Waals surface area contributed by atoms with E-state index in [1.807, 2.05) is 12.1 Å². The molecule has 0 aliphatic carbocycles. The fourth-order valence-electron chi connectivity index (χ4n) is 2.31. The summed E-state index contributed by atoms with van der Waals surface area (Å²) in [6, 6.07) is 12.2. The number of benzene rings is 2. The first-order valence-electron chi connectivity index (χ1n) is 6.69. The van der Waals surface area contributed by atoms with Gasteiger partial charge in [-0.15, -0.1) is 0 Å². The van der Waals surface area contributed by atoms with Crippen molar-refractivity contribution in [3.63, 3.8) is 0 Å². The van der Waals surface area contributed by atoms with Crippen molar-refractivity contribution in [3.8, 4) is 22.8 Å². The summed E-state index contributed by atoms with van der Waals surface area (Å²) in [6.45, 7) is 0. The fourth-order valence-corrected chi connectivity index (χ4v) is 2.31. The molecule has 0 fully saturated rings. The number of fused-ring (bicyclic) bond motifs is 1. The lowest BCUT2D eigenvalue weighted by Crippen LogP contribution is -2.08. The quantitative estimate of drug-likeness (QED) is 0.752. The number of nitrogens with two attached hydrogens (primary N) is 1. The van der Waals surface area contributed by atoms with Crippen LogP contribution in [0.1, 0.15) is 0 Å². The molecule has 112 valence electrons. The zero-order valence-corrected chi connectivity index (χ0v) is 12.3. The van der Waals surface area contributed by atoms with Gasteiger partial charge in [0.15, 0.2) is 5.76 Å². The average Bonchev–Trinajstić information content (AvgIpc) is 2.55. The monoisotopic (exact) mass is 297 g/mol. The highest BCUT2D eigenvalue weighted by atomic mass is 16.5. The first-order valence-corrected chi connectivity index (χ1v) is 6.69. The van der Waals surface area contributed by atoms with E-state index in [1.54, 1.807) is 37.4 Å². The molecule has 0 saturated carbocycles. The molecule has 1 aromatic heterocycles. The van der Waals surface area contributed by atoms with Crippen LogP contribution in [0.4, 0.5) is 5.69 Å². The molecule has 3 rings (SSSR count). The Balaban J connectivity index is 2.28. The fraction of sp³-hybridized carbons (Fsp3) is 0.118. The molecule has 22 heavy (non-hydrogen) atoms. The van der Waals surface area contributed by atoms with E-state index >= 15 is 0 Å². The summed E-state index contributed by atoms with van der Waals surface area (Å²) in [5, 5.41) is 0.397. The highest BCUT2D eigenvalue weighted by molar-refractivity contribution is 5.84. The van der Waals surface area contributed by atoms with Crippen LogP contribution in [-0.2, 0) is 0 Å². The number of anilines is 1. The van der Waals surface area contributed by atoms with Crippen LogP contribution in [0.15, 0.2) is 51.7 Å². The molecule has 0 bridgehead atoms. The molecule has 0 unspecified atom stereocenters. The first-order chi connectivity index (χ1) is 10.6. The zero-order valence-electron chi connectivity index (χ0n) is 12.3. The highest BCUT2D eigenvalue weighted by Crippen LogP contribution is 2.32. The maximum Gasteiger partial charge on any atom is 0.235 e. The van der Waals surface area contributed by atoms with E-state index in [1.165, 1.54) is 7.11 Å². The van der Waals surface area contributed by atoms with Gasteiger partial charge in [-0.05, 0) is 42.5 Å². The van der Waals surface area contributed by atoms with Gasteiger partial charge < -0.3 is 19.6 Å². The van der Waals surface area contributed by atoms with Crippen molar-refractivity contribution in [1.29, 1.82) is 0 Å². The van der Waals surface area contributed by atoms with Gasteiger partial charge in [0, 0.05) is 11.3 Å². The van der Waals surface area contributed by atoms with Gasteiger partial charge in [-0.25, -0.2) is 0 Å². The zero-order chi connectivity index (χ0) is 15.7. The van der Waals surface area contributed by atoms with Crippen LogP contribution in [0.3, 0.4) is 0 Å². The molecule has 2 aromatic carbocycles. The molecule has 2 N–H and O–H groups in total. The largest absolute Gasteiger partial charge is 0.497 e. The second-order valence-corrected chi connectivity index (χ2v) is 4.78. The van der Waals surface area contributed by atoms with E-state index in [4.69, 9.17) is 19.6 Å². The van der Waals surface area contributed by atoms with Crippen molar-refractivity contribution >= 4 is 16.7 Å². The predicted molar refractivity (Wildman–Crippen MR) is 85.4 cm³/mol. The summed E-state index contributed by atoms with van der Waals surface area (Å²) in [4.78, 5) is 12.6. The van der Waals surface area contributed by atoms with Crippen molar-refractivity contribution < 1.29 is 13.9 Å². The molecule has 0 saturated heterocycles. The Hall–Kier alpha value is -2.95. The van der Waals surface area contributed by atoms with Crippen molar-refractivity contribution in [2.75, 3.05) is 20.0 Å². The average molecular weight is 297 g/mol. The topological polar surface area (TPSA) is 74.7 Å². The van der Waals surface area contributed by atoms with Crippen LogP contribution in [0.5, 0.6) is 11.5 Å². The first kappa shape index (κ1) is 14.0. The van der Waals surface area contributed by atoms with Gasteiger partial charge in [0.25, 0.3) is 0 Å². The van der Waals surface area contributed by atoms with E-state index < -0.39 is 0 Å². The van der Waals surface area contributed by atoms with Crippen LogP contribution in [-0.4, -0.2) is 14.2 Å². The van der Waals surface area contributed by atoms with Gasteiger partial charge in [-0.1, -0.05) is 0 Å². The minimum Gasteiger partial charge on any atom is -0.497 e. The van der Waals surface area contributed by atoms with E-state index in [9.17, 15) is 4.79 Å². The number of methoxy groups -OCH3 is 2. The van der Waals surface area contributed by atoms with Crippen molar-refractivity contribution in [1.82, 2.24) is 0 Å². The summed E-state index contributed by atoms with van der Waals surface area (Å²) in [5.74, 6) is 1.26. The van der Waals surface area contributed by atoms with E-state index in [2.05, 4.69) is 0 Å². The van der Waals surface area contributed by atoms with Crippen LogP contribution in [0.25, 0.3) is 22.3 Å². The van der Waals surface area contributed by atoms with Crippen molar-refractivity contribution in [3.05, 3.63) is 52.7 Å². The molecule has 0 aliphatic rings. The van der Waals surface area contributed by atoms with Crippen LogP contribution in [0, 0.1) is 0 Å². The number of nitrogen functional groups attached to an aromatic ring is 1. The minimum absolute atomic E-state index is 0.156. The second kappa shape index (κ2) is 5.44. The Morgan fingerprint density at radius 2 is 1.73 bits per heavy atom. The van der Waals surface area contributed by atoms with E-state index in [0.29, 0.717) is 22.4 Å². The summed E-state index contributed by atoms with van der Waals surface area (Å²) in [5.41, 5.74) is 7.17. The Morgan fingerprint density at radius 1 is 1.00 bits per heavy atom. The number of rotatable bonds is 3. The molecule has 1 heterocycles. The van der Waals surface area contributed by atoms with Crippen LogP contribution in [0.2, 0.25) is 0 Å². The molecule has 0 atom stereocenters. The van der Waals surface area contributed by atoms with Crippen LogP contribution >= 0.6 is 0 Å². The smallest absolute Gasteiger partial charge is 0.235 e. The minimum atomic E-state index is -0.248. The van der Waals surface area contributed by atoms with Gasteiger partial charge in [-0.3, -0.25) is 4.79 Å². The molecule has 0 radical (unpaired) electrons. The number of ether oxygens (including phenoxy) is 2. The van der Waals surface area contributed by atoms with Gasteiger partial charge in [0.2, 0.25) is 11.2 Å². The molecule has 3 aromatic rings. The highest BCUT2D eigenvalue weighted by Gasteiger charge is 2.17. The van der Waals surface area contributed by atoms with Crippen LogP contribution < -0.4 is 20.6 Å². The molecule has 0 amide bonds. The van der Waals surface area contributed by atoms with E-state index in [-0.39, 0.29) is 11.2 Å². The summed E-state index contributed by atoms with van der Waals surface area (Å²) < 4.78 is 16.2. The Labute approximate surface area is 126 Å². The third kappa shape index (κ3) is 2.26. The lowest BCUT2D eigenvalue weighted by atomic mass is 10.1. The molecule has 0 spiro atoms. The predicted octanol–water partition coefficient (Wildman–Crippen LogP) is 3.06. The van der Waals surface area contributed by atoms with Gasteiger partial charge in [0.1, 0.15) is 11.3 Å². The normalized spacial score (nSPS) is 10.6. The lowest BCUT2D eigenvalue weighted by molar-refractivity contribution is 0.398. The number of hydrogen-bond acceptors (Lipinski definition) is 5. The Kier molecular flexibility index (Phi) is 3.47. The van der Waals surface area contributed by atoms with Gasteiger partial charge in [0.05, 0.1) is 19.6 Å². The Bertz CT molecular complexity index is 882. The second-order valence-electron chi connectivity index (χ2n) is 4.78. The molecular weight excluding hydrogens is 282 g/mol. The van der Waals surface area contributed by atoms with Crippen molar-refractivity contribution in [2.24, 2.45) is 0 Å². The maximum atomic E-state index is 12.6. The standard InChI is InChI=1S/C17H15NO4/c1-20-12-6-3-10(4-7-12)16-17(21-2)15(19)13-9-11(18)5-8-14(13)22-16/h3-9H,18H2,1-2H3.